The molecule has 100 valence electrons. The van der Waals surface area contributed by atoms with Crippen LogP contribution in [0.3, 0.4) is 0 Å². The van der Waals surface area contributed by atoms with Crippen molar-refractivity contribution >= 4 is 21.7 Å². The molecule has 0 aliphatic rings. The van der Waals surface area contributed by atoms with Crippen molar-refractivity contribution in [3.05, 3.63) is 41.7 Å². The number of amides is 1. The summed E-state index contributed by atoms with van der Waals surface area (Å²) in [5, 5.41) is 11.1. The van der Waals surface area contributed by atoms with Crippen molar-refractivity contribution in [2.75, 3.05) is 5.32 Å². The lowest BCUT2D eigenvalue weighted by atomic mass is 10.2. The van der Waals surface area contributed by atoms with Crippen molar-refractivity contribution in [1.82, 2.24) is 5.16 Å². The summed E-state index contributed by atoms with van der Waals surface area (Å²) in [6, 6.07) is 6.82. The van der Waals surface area contributed by atoms with Crippen LogP contribution in [0.15, 0.2) is 39.8 Å². The fourth-order valence-electron chi connectivity index (χ4n) is 1.41. The number of primary sulfonamides is 1. The van der Waals surface area contributed by atoms with Gasteiger partial charge in [0, 0.05) is 11.6 Å². The van der Waals surface area contributed by atoms with Gasteiger partial charge in [-0.05, 0) is 31.2 Å². The molecular formula is C11H11N3O4S. The van der Waals surface area contributed by atoms with E-state index in [0.29, 0.717) is 5.76 Å². The lowest BCUT2D eigenvalue weighted by Crippen LogP contribution is -2.14. The number of nitrogens with one attached hydrogen (secondary N) is 1. The smallest absolute Gasteiger partial charge is 0.256 e. The van der Waals surface area contributed by atoms with E-state index in [-0.39, 0.29) is 16.3 Å². The van der Waals surface area contributed by atoms with Gasteiger partial charge in [0.2, 0.25) is 10.0 Å². The van der Waals surface area contributed by atoms with Crippen LogP contribution in [0.25, 0.3) is 0 Å². The van der Waals surface area contributed by atoms with Gasteiger partial charge in [-0.15, -0.1) is 0 Å². The first-order valence-electron chi connectivity index (χ1n) is 5.24. The molecule has 19 heavy (non-hydrogen) atoms. The Bertz CT molecular complexity index is 704. The molecule has 0 saturated heterocycles. The zero-order chi connectivity index (χ0) is 14.0. The maximum atomic E-state index is 11.8. The quantitative estimate of drug-likeness (QED) is 0.866. The summed E-state index contributed by atoms with van der Waals surface area (Å²) in [5.41, 5.74) is 0.285. The first-order chi connectivity index (χ1) is 8.86. The van der Waals surface area contributed by atoms with Gasteiger partial charge in [-0.3, -0.25) is 4.79 Å². The summed E-state index contributed by atoms with van der Waals surface area (Å²) in [5.74, 6) is 0.437. The number of carbonyl (C=O) groups is 1. The molecule has 3 N–H and O–H groups in total. The average molecular weight is 281 g/mol. The van der Waals surface area contributed by atoms with Gasteiger partial charge in [0.25, 0.3) is 5.91 Å². The number of nitrogens with two attached hydrogens (primary N) is 1. The lowest BCUT2D eigenvalue weighted by molar-refractivity contribution is 0.102. The maximum absolute atomic E-state index is 11.8. The molecule has 1 amide bonds. The molecule has 1 aromatic heterocycles. The second-order valence-corrected chi connectivity index (χ2v) is 5.41. The highest BCUT2D eigenvalue weighted by Gasteiger charge is 2.11. The highest BCUT2D eigenvalue weighted by molar-refractivity contribution is 7.89. The van der Waals surface area contributed by atoms with Crippen molar-refractivity contribution < 1.29 is 17.7 Å². The molecule has 0 atom stereocenters. The third-order valence-corrected chi connectivity index (χ3v) is 3.24. The molecule has 7 nitrogen and oxygen atoms in total. The SMILES string of the molecule is Cc1cc(NC(=O)c2ccc(S(N)(=O)=O)cc2)no1. The van der Waals surface area contributed by atoms with Crippen LogP contribution in [-0.2, 0) is 10.0 Å². The normalized spacial score (nSPS) is 11.3. The van der Waals surface area contributed by atoms with Gasteiger partial charge in [-0.25, -0.2) is 13.6 Å². The number of hydrogen-bond acceptors (Lipinski definition) is 5. The fourth-order valence-corrected chi connectivity index (χ4v) is 1.93. The largest absolute Gasteiger partial charge is 0.360 e. The molecule has 0 aliphatic heterocycles. The second kappa shape index (κ2) is 4.82. The lowest BCUT2D eigenvalue weighted by Gasteiger charge is -2.02. The molecule has 0 radical (unpaired) electrons. The van der Waals surface area contributed by atoms with Gasteiger partial charge in [-0.2, -0.15) is 0 Å². The zero-order valence-corrected chi connectivity index (χ0v) is 10.8. The molecule has 8 heteroatoms. The molecule has 0 fully saturated rings. The molecule has 2 rings (SSSR count). The minimum atomic E-state index is -3.76. The number of anilines is 1. The topological polar surface area (TPSA) is 115 Å². The van der Waals surface area contributed by atoms with E-state index in [2.05, 4.69) is 10.5 Å². The summed E-state index contributed by atoms with van der Waals surface area (Å²) in [6.07, 6.45) is 0. The summed E-state index contributed by atoms with van der Waals surface area (Å²) in [6.45, 7) is 1.70. The van der Waals surface area contributed by atoms with Crippen LogP contribution in [0.5, 0.6) is 0 Å². The number of nitrogens with zero attached hydrogens (tertiary/aromatic N) is 1. The number of aryl methyl sites for hydroxylation is 1. The Morgan fingerprint density at radius 1 is 1.32 bits per heavy atom. The third kappa shape index (κ3) is 3.18. The van der Waals surface area contributed by atoms with Crippen LogP contribution in [-0.4, -0.2) is 19.5 Å². The van der Waals surface area contributed by atoms with Crippen LogP contribution in [0.2, 0.25) is 0 Å². The molecule has 1 heterocycles. The minimum Gasteiger partial charge on any atom is -0.360 e. The highest BCUT2D eigenvalue weighted by atomic mass is 32.2. The van der Waals surface area contributed by atoms with Crippen LogP contribution >= 0.6 is 0 Å². The molecule has 0 unspecified atom stereocenters. The van der Waals surface area contributed by atoms with Crippen molar-refractivity contribution in [3.8, 4) is 0 Å². The summed E-state index contributed by atoms with van der Waals surface area (Å²) >= 11 is 0. The number of rotatable bonds is 3. The van der Waals surface area contributed by atoms with Crippen LogP contribution in [0.4, 0.5) is 5.82 Å². The first kappa shape index (κ1) is 13.2. The van der Waals surface area contributed by atoms with Crippen molar-refractivity contribution in [3.63, 3.8) is 0 Å². The molecule has 0 aliphatic carbocycles. The van der Waals surface area contributed by atoms with E-state index in [0.717, 1.165) is 0 Å². The van der Waals surface area contributed by atoms with Gasteiger partial charge < -0.3 is 9.84 Å². The number of carbonyl (C=O) groups excluding carboxylic acids is 1. The second-order valence-electron chi connectivity index (χ2n) is 3.85. The highest BCUT2D eigenvalue weighted by Crippen LogP contribution is 2.12. The molecule has 0 saturated carbocycles. The van der Waals surface area contributed by atoms with E-state index in [9.17, 15) is 13.2 Å². The number of aromatic nitrogens is 1. The molecular weight excluding hydrogens is 270 g/mol. The number of sulfonamides is 1. The number of benzene rings is 1. The molecule has 0 spiro atoms. The molecule has 0 bridgehead atoms. The molecule has 2 aromatic rings. The average Bonchev–Trinajstić information content (AvgIpc) is 2.74. The molecule has 1 aromatic carbocycles. The van der Waals surface area contributed by atoms with Crippen molar-refractivity contribution in [2.45, 2.75) is 11.8 Å². The van der Waals surface area contributed by atoms with E-state index >= 15 is 0 Å². The van der Waals surface area contributed by atoms with E-state index in [1.165, 1.54) is 24.3 Å². The van der Waals surface area contributed by atoms with Crippen LogP contribution in [0.1, 0.15) is 16.1 Å². The predicted octanol–water partition coefficient (Wildman–Crippen LogP) is 0.883. The first-order valence-corrected chi connectivity index (χ1v) is 6.78. The fraction of sp³-hybridized carbons (Fsp3) is 0.0909. The van der Waals surface area contributed by atoms with E-state index in [1.54, 1.807) is 13.0 Å². The van der Waals surface area contributed by atoms with Crippen LogP contribution in [0, 0.1) is 6.92 Å². The Kier molecular flexibility index (Phi) is 3.36. The minimum absolute atomic E-state index is 0.0543. The Labute approximate surface area is 109 Å². The maximum Gasteiger partial charge on any atom is 0.256 e. The van der Waals surface area contributed by atoms with Gasteiger partial charge in [-0.1, -0.05) is 5.16 Å². The summed E-state index contributed by atoms with van der Waals surface area (Å²) in [7, 11) is -3.76. The van der Waals surface area contributed by atoms with Gasteiger partial charge in [0.05, 0.1) is 4.90 Å². The van der Waals surface area contributed by atoms with E-state index in [4.69, 9.17) is 9.66 Å². The third-order valence-electron chi connectivity index (χ3n) is 2.31. The van der Waals surface area contributed by atoms with Crippen molar-refractivity contribution in [2.24, 2.45) is 5.14 Å². The van der Waals surface area contributed by atoms with E-state index < -0.39 is 15.9 Å². The van der Waals surface area contributed by atoms with Gasteiger partial charge >= 0.3 is 0 Å². The predicted molar refractivity (Wildman–Crippen MR) is 67.0 cm³/mol. The van der Waals surface area contributed by atoms with Gasteiger partial charge in [0.1, 0.15) is 5.76 Å². The summed E-state index contributed by atoms with van der Waals surface area (Å²) in [4.78, 5) is 11.8. The number of hydrogen-bond donors (Lipinski definition) is 2. The monoisotopic (exact) mass is 281 g/mol. The van der Waals surface area contributed by atoms with Crippen molar-refractivity contribution in [1.29, 1.82) is 0 Å². The Hall–Kier alpha value is -2.19. The Balaban J connectivity index is 2.16. The Morgan fingerprint density at radius 3 is 2.42 bits per heavy atom. The zero-order valence-electron chi connectivity index (χ0n) is 9.95. The van der Waals surface area contributed by atoms with E-state index in [1.807, 2.05) is 0 Å². The summed E-state index contributed by atoms with van der Waals surface area (Å²) < 4.78 is 26.9. The Morgan fingerprint density at radius 2 is 1.95 bits per heavy atom. The standard InChI is InChI=1S/C11H11N3O4S/c1-7-6-10(14-18-7)13-11(15)8-2-4-9(5-3-8)19(12,16)17/h2-6H,1H3,(H2,12,16,17)(H,13,14,15). The van der Waals surface area contributed by atoms with Crippen LogP contribution < -0.4 is 10.5 Å². The van der Waals surface area contributed by atoms with Gasteiger partial charge in [0.15, 0.2) is 5.82 Å².